The summed E-state index contributed by atoms with van der Waals surface area (Å²) >= 11 is 1.80. The molecule has 5 rings (SSSR count). The summed E-state index contributed by atoms with van der Waals surface area (Å²) in [7, 11) is 0. The van der Waals surface area contributed by atoms with Crippen molar-refractivity contribution < 1.29 is 0 Å². The van der Waals surface area contributed by atoms with Gasteiger partial charge in [0.25, 0.3) is 0 Å². The molecule has 28 heavy (non-hydrogen) atoms. The van der Waals surface area contributed by atoms with Crippen molar-refractivity contribution in [1.29, 1.82) is 0 Å². The van der Waals surface area contributed by atoms with Gasteiger partial charge in [-0.25, -0.2) is 4.98 Å². The molecule has 0 spiro atoms. The summed E-state index contributed by atoms with van der Waals surface area (Å²) in [5, 5.41) is 4.91. The van der Waals surface area contributed by atoms with E-state index >= 15 is 0 Å². The normalized spacial score (nSPS) is 24.5. The summed E-state index contributed by atoms with van der Waals surface area (Å²) in [5.41, 5.74) is 4.48. The number of benzene rings is 1. The zero-order chi connectivity index (χ0) is 18.9. The lowest BCUT2D eigenvalue weighted by Gasteiger charge is -2.30. The maximum atomic E-state index is 5.14. The second-order valence-electron chi connectivity index (χ2n) is 8.22. The monoisotopic (exact) mass is 392 g/mol. The maximum absolute atomic E-state index is 5.14. The number of aliphatic imine (C=N–C) groups is 1. The number of nitrogens with zero attached hydrogens (tertiary/aromatic N) is 3. The highest BCUT2D eigenvalue weighted by molar-refractivity contribution is 7.15. The largest absolute Gasteiger partial charge is 0.348 e. The van der Waals surface area contributed by atoms with Crippen molar-refractivity contribution in [3.63, 3.8) is 0 Å². The summed E-state index contributed by atoms with van der Waals surface area (Å²) < 4.78 is 0. The molecular formula is C23H28N4S. The van der Waals surface area contributed by atoms with E-state index in [1.807, 2.05) is 6.20 Å². The van der Waals surface area contributed by atoms with E-state index in [2.05, 4.69) is 52.5 Å². The first-order valence-corrected chi connectivity index (χ1v) is 11.4. The number of hydrogen-bond acceptors (Lipinski definition) is 4. The average molecular weight is 393 g/mol. The molecule has 0 saturated carbocycles. The first-order chi connectivity index (χ1) is 13.8. The smallest absolute Gasteiger partial charge is 0.185 e. The molecule has 2 aromatic rings. The number of allylic oxidation sites excluding steroid dienone is 1. The Morgan fingerprint density at radius 2 is 1.96 bits per heavy atom. The van der Waals surface area contributed by atoms with Crippen LogP contribution >= 0.6 is 11.3 Å². The van der Waals surface area contributed by atoms with E-state index in [0.29, 0.717) is 12.0 Å². The third-order valence-corrected chi connectivity index (χ3v) is 7.22. The number of aromatic nitrogens is 1. The minimum atomic E-state index is 0.441. The Bertz CT molecular complexity index is 890. The van der Waals surface area contributed by atoms with Crippen molar-refractivity contribution in [2.75, 3.05) is 18.0 Å². The number of piperidine rings is 1. The van der Waals surface area contributed by atoms with Crippen LogP contribution in [0.25, 0.3) is 0 Å². The minimum absolute atomic E-state index is 0.441. The molecule has 5 heteroatoms. The van der Waals surface area contributed by atoms with Gasteiger partial charge in [0.1, 0.15) is 5.84 Å². The van der Waals surface area contributed by atoms with Crippen LogP contribution < -0.4 is 10.2 Å². The second kappa shape index (κ2) is 7.70. The van der Waals surface area contributed by atoms with Gasteiger partial charge in [0.15, 0.2) is 5.13 Å². The molecule has 1 aliphatic carbocycles. The Hall–Kier alpha value is -2.14. The Morgan fingerprint density at radius 1 is 1.14 bits per heavy atom. The van der Waals surface area contributed by atoms with Gasteiger partial charge in [-0.3, -0.25) is 4.99 Å². The molecule has 1 aromatic heterocycles. The second-order valence-corrected chi connectivity index (χ2v) is 9.44. The molecule has 3 aliphatic rings. The predicted octanol–water partition coefficient (Wildman–Crippen LogP) is 5.03. The van der Waals surface area contributed by atoms with Crippen molar-refractivity contribution in [2.45, 2.75) is 57.4 Å². The van der Waals surface area contributed by atoms with Crippen LogP contribution in [0.1, 0.15) is 54.9 Å². The van der Waals surface area contributed by atoms with Crippen LogP contribution in [-0.2, 0) is 0 Å². The molecule has 3 heterocycles. The number of nitrogens with one attached hydrogen (secondary N) is 1. The molecule has 0 bridgehead atoms. The average Bonchev–Trinajstić information content (AvgIpc) is 3.34. The summed E-state index contributed by atoms with van der Waals surface area (Å²) in [6, 6.07) is 11.4. The summed E-state index contributed by atoms with van der Waals surface area (Å²) in [6.45, 7) is 4.26. The quantitative estimate of drug-likeness (QED) is 0.796. The zero-order valence-corrected chi connectivity index (χ0v) is 17.3. The third kappa shape index (κ3) is 3.60. The molecule has 1 fully saturated rings. The lowest BCUT2D eigenvalue weighted by Crippen LogP contribution is -2.36. The van der Waals surface area contributed by atoms with Crippen LogP contribution in [0.5, 0.6) is 0 Å². The molecule has 0 radical (unpaired) electrons. The zero-order valence-electron chi connectivity index (χ0n) is 16.5. The molecule has 1 aromatic carbocycles. The van der Waals surface area contributed by atoms with Gasteiger partial charge in [-0.15, -0.1) is 11.3 Å². The molecular weight excluding hydrogens is 364 g/mol. The Labute approximate surface area is 171 Å². The van der Waals surface area contributed by atoms with E-state index < -0.39 is 0 Å². The van der Waals surface area contributed by atoms with Gasteiger partial charge in [-0.2, -0.15) is 0 Å². The van der Waals surface area contributed by atoms with Crippen molar-refractivity contribution in [2.24, 2.45) is 4.99 Å². The van der Waals surface area contributed by atoms with Crippen molar-refractivity contribution in [1.82, 2.24) is 10.3 Å². The fourth-order valence-electron chi connectivity index (χ4n) is 4.80. The summed E-state index contributed by atoms with van der Waals surface area (Å²) in [5.74, 6) is 1.73. The SMILES string of the molecule is Cc1cnc(N2CCC(N=C3CC4=C(N3)C(c3ccccc3)CCC4)CC2)s1. The summed E-state index contributed by atoms with van der Waals surface area (Å²) in [6.07, 6.45) is 9.02. The molecule has 146 valence electrons. The van der Waals surface area contributed by atoms with Crippen LogP contribution in [0, 0.1) is 6.92 Å². The van der Waals surface area contributed by atoms with Crippen molar-refractivity contribution >= 4 is 22.3 Å². The number of hydrogen-bond donors (Lipinski definition) is 1. The van der Waals surface area contributed by atoms with Gasteiger partial charge in [0, 0.05) is 42.2 Å². The van der Waals surface area contributed by atoms with Crippen molar-refractivity contribution in [3.05, 3.63) is 58.2 Å². The van der Waals surface area contributed by atoms with Gasteiger partial charge in [0.05, 0.1) is 6.04 Å². The Morgan fingerprint density at radius 3 is 2.71 bits per heavy atom. The number of rotatable bonds is 3. The van der Waals surface area contributed by atoms with E-state index in [0.717, 1.165) is 32.4 Å². The highest BCUT2D eigenvalue weighted by atomic mass is 32.1. The van der Waals surface area contributed by atoms with Crippen molar-refractivity contribution in [3.8, 4) is 0 Å². The Balaban J connectivity index is 1.24. The highest BCUT2D eigenvalue weighted by Gasteiger charge is 2.31. The Kier molecular flexibility index (Phi) is 4.93. The van der Waals surface area contributed by atoms with Gasteiger partial charge >= 0.3 is 0 Å². The lowest BCUT2D eigenvalue weighted by molar-refractivity contribution is 0.501. The fourth-order valence-corrected chi connectivity index (χ4v) is 5.61. The molecule has 1 N–H and O–H groups in total. The molecule has 1 unspecified atom stereocenters. The van der Waals surface area contributed by atoms with E-state index in [4.69, 9.17) is 4.99 Å². The first kappa shape index (κ1) is 17.9. The highest BCUT2D eigenvalue weighted by Crippen LogP contribution is 2.40. The van der Waals surface area contributed by atoms with Crippen LogP contribution in [0.15, 0.2) is 52.8 Å². The van der Waals surface area contributed by atoms with E-state index in [9.17, 15) is 0 Å². The molecule has 2 aliphatic heterocycles. The third-order valence-electron chi connectivity index (χ3n) is 6.24. The van der Waals surface area contributed by atoms with Crippen LogP contribution in [0.2, 0.25) is 0 Å². The van der Waals surface area contributed by atoms with Gasteiger partial charge in [0.2, 0.25) is 0 Å². The van der Waals surface area contributed by atoms with Gasteiger partial charge < -0.3 is 10.2 Å². The molecule has 0 amide bonds. The van der Waals surface area contributed by atoms with E-state index in [-0.39, 0.29) is 0 Å². The van der Waals surface area contributed by atoms with E-state index in [1.165, 1.54) is 46.4 Å². The fraction of sp³-hybridized carbons (Fsp3) is 0.478. The molecule has 4 nitrogen and oxygen atoms in total. The maximum Gasteiger partial charge on any atom is 0.185 e. The lowest BCUT2D eigenvalue weighted by atomic mass is 9.83. The van der Waals surface area contributed by atoms with Gasteiger partial charge in [-0.05, 0) is 50.2 Å². The molecule has 1 saturated heterocycles. The minimum Gasteiger partial charge on any atom is -0.348 e. The number of anilines is 1. The first-order valence-electron chi connectivity index (χ1n) is 10.5. The number of aryl methyl sites for hydroxylation is 1. The van der Waals surface area contributed by atoms with Crippen LogP contribution in [-0.4, -0.2) is 30.0 Å². The van der Waals surface area contributed by atoms with Gasteiger partial charge in [-0.1, -0.05) is 30.3 Å². The van der Waals surface area contributed by atoms with Crippen LogP contribution in [0.4, 0.5) is 5.13 Å². The van der Waals surface area contributed by atoms with Crippen LogP contribution in [0.3, 0.4) is 0 Å². The predicted molar refractivity (Wildman–Crippen MR) is 117 cm³/mol. The summed E-state index contributed by atoms with van der Waals surface area (Å²) in [4.78, 5) is 13.4. The standard InChI is InChI=1S/C23H28N4S/c1-16-15-24-23(28-16)27-12-10-19(11-13-27)25-21-14-18-8-5-9-20(22(18)26-21)17-6-3-2-4-7-17/h2-4,6-7,15,19-20H,5,8-14H2,1H3,(H,25,26). The molecule has 1 atom stereocenters. The number of thiazole rings is 1. The van der Waals surface area contributed by atoms with E-state index in [1.54, 1.807) is 16.9 Å². The topological polar surface area (TPSA) is 40.5 Å². The number of amidine groups is 1.